The topological polar surface area (TPSA) is 30.2 Å². The number of aromatic nitrogens is 2. The highest BCUT2D eigenvalue weighted by molar-refractivity contribution is 6.30. The standard InChI is InChI=1S/C17H11ClFN3/c18-11-5-6-16-14(7-11)17(13-3-1-2-4-15(13)19)21-9-12-8-20-10-22(12)16/h1-10,17H. The summed E-state index contributed by atoms with van der Waals surface area (Å²) in [6, 6.07) is 11.8. The number of nitrogens with zero attached hydrogens (tertiary/aromatic N) is 3. The van der Waals surface area contributed by atoms with Gasteiger partial charge in [-0.2, -0.15) is 0 Å². The number of rotatable bonds is 1. The molecule has 0 saturated heterocycles. The summed E-state index contributed by atoms with van der Waals surface area (Å²) >= 11 is 6.15. The van der Waals surface area contributed by atoms with E-state index in [1.54, 1.807) is 30.9 Å². The van der Waals surface area contributed by atoms with E-state index in [1.165, 1.54) is 6.07 Å². The normalized spacial score (nSPS) is 16.0. The Morgan fingerprint density at radius 1 is 1.09 bits per heavy atom. The van der Waals surface area contributed by atoms with Crippen molar-refractivity contribution in [3.05, 3.63) is 82.6 Å². The Bertz CT molecular complexity index is 885. The Labute approximate surface area is 131 Å². The molecule has 0 aliphatic carbocycles. The van der Waals surface area contributed by atoms with Crippen molar-refractivity contribution in [2.75, 3.05) is 0 Å². The predicted octanol–water partition coefficient (Wildman–Crippen LogP) is 4.19. The van der Waals surface area contributed by atoms with Crippen LogP contribution >= 0.6 is 11.6 Å². The zero-order chi connectivity index (χ0) is 15.1. The fourth-order valence-corrected chi connectivity index (χ4v) is 2.92. The molecular formula is C17H11ClFN3. The molecule has 1 aliphatic rings. The molecule has 3 nitrogen and oxygen atoms in total. The highest BCUT2D eigenvalue weighted by Crippen LogP contribution is 2.35. The Morgan fingerprint density at radius 2 is 1.95 bits per heavy atom. The first kappa shape index (κ1) is 13.2. The van der Waals surface area contributed by atoms with Gasteiger partial charge in [0, 0.05) is 22.4 Å². The van der Waals surface area contributed by atoms with Gasteiger partial charge in [-0.05, 0) is 24.3 Å². The molecule has 0 saturated carbocycles. The third-order valence-electron chi connectivity index (χ3n) is 3.77. The second-order valence-corrected chi connectivity index (χ2v) is 5.53. The van der Waals surface area contributed by atoms with E-state index >= 15 is 0 Å². The van der Waals surface area contributed by atoms with Crippen LogP contribution in [0.1, 0.15) is 22.9 Å². The molecule has 4 rings (SSSR count). The van der Waals surface area contributed by atoms with Gasteiger partial charge in [0.2, 0.25) is 0 Å². The fourth-order valence-electron chi connectivity index (χ4n) is 2.74. The molecule has 22 heavy (non-hydrogen) atoms. The van der Waals surface area contributed by atoms with Gasteiger partial charge in [-0.3, -0.25) is 9.56 Å². The minimum Gasteiger partial charge on any atom is -0.298 e. The van der Waals surface area contributed by atoms with E-state index in [4.69, 9.17) is 11.6 Å². The molecule has 1 aromatic heterocycles. The van der Waals surface area contributed by atoms with Crippen LogP contribution in [0.15, 0.2) is 60.0 Å². The molecule has 0 bridgehead atoms. The molecule has 0 radical (unpaired) electrons. The van der Waals surface area contributed by atoms with Crippen LogP contribution in [0.25, 0.3) is 5.69 Å². The van der Waals surface area contributed by atoms with Crippen LogP contribution < -0.4 is 0 Å². The van der Waals surface area contributed by atoms with E-state index < -0.39 is 6.04 Å². The molecule has 5 heteroatoms. The van der Waals surface area contributed by atoms with Crippen LogP contribution in [0, 0.1) is 5.82 Å². The zero-order valence-corrected chi connectivity index (χ0v) is 12.2. The third kappa shape index (κ3) is 2.04. The maximum Gasteiger partial charge on any atom is 0.128 e. The number of benzene rings is 2. The van der Waals surface area contributed by atoms with Gasteiger partial charge in [-0.15, -0.1) is 0 Å². The number of halogens is 2. The van der Waals surface area contributed by atoms with E-state index in [0.717, 1.165) is 16.9 Å². The Kier molecular flexibility index (Phi) is 3.05. The lowest BCUT2D eigenvalue weighted by atomic mass is 9.97. The van der Waals surface area contributed by atoms with E-state index in [2.05, 4.69) is 9.98 Å². The van der Waals surface area contributed by atoms with E-state index in [-0.39, 0.29) is 5.82 Å². The highest BCUT2D eigenvalue weighted by atomic mass is 35.5. The van der Waals surface area contributed by atoms with E-state index in [9.17, 15) is 4.39 Å². The van der Waals surface area contributed by atoms with Crippen LogP contribution in [0.4, 0.5) is 4.39 Å². The average Bonchev–Trinajstić information content (AvgIpc) is 2.92. The lowest BCUT2D eigenvalue weighted by Crippen LogP contribution is -2.04. The van der Waals surface area contributed by atoms with Crippen molar-refractivity contribution in [2.45, 2.75) is 6.04 Å². The van der Waals surface area contributed by atoms with Gasteiger partial charge in [0.05, 0.1) is 23.9 Å². The molecule has 1 unspecified atom stereocenters. The quantitative estimate of drug-likeness (QED) is 0.663. The van der Waals surface area contributed by atoms with Crippen molar-refractivity contribution in [3.8, 4) is 5.69 Å². The molecule has 108 valence electrons. The second kappa shape index (κ2) is 5.07. The van der Waals surface area contributed by atoms with Gasteiger partial charge < -0.3 is 0 Å². The summed E-state index contributed by atoms with van der Waals surface area (Å²) in [5.74, 6) is -0.278. The predicted molar refractivity (Wildman–Crippen MR) is 84.4 cm³/mol. The number of hydrogen-bond donors (Lipinski definition) is 0. The summed E-state index contributed by atoms with van der Waals surface area (Å²) in [7, 11) is 0. The highest BCUT2D eigenvalue weighted by Gasteiger charge is 2.23. The summed E-state index contributed by atoms with van der Waals surface area (Å²) in [4.78, 5) is 8.71. The Morgan fingerprint density at radius 3 is 2.82 bits per heavy atom. The van der Waals surface area contributed by atoms with Crippen LogP contribution in [-0.4, -0.2) is 15.8 Å². The van der Waals surface area contributed by atoms with Gasteiger partial charge in [-0.1, -0.05) is 29.8 Å². The lowest BCUT2D eigenvalue weighted by Gasteiger charge is -2.17. The minimum absolute atomic E-state index is 0.278. The Hall–Kier alpha value is -2.46. The average molecular weight is 312 g/mol. The first-order valence-corrected chi connectivity index (χ1v) is 7.21. The van der Waals surface area contributed by atoms with Crippen LogP contribution in [0.3, 0.4) is 0 Å². The molecule has 1 aliphatic heterocycles. The minimum atomic E-state index is -0.435. The van der Waals surface area contributed by atoms with Gasteiger partial charge >= 0.3 is 0 Å². The monoisotopic (exact) mass is 311 g/mol. The number of aliphatic imine (C=N–C) groups is 1. The molecular weight excluding hydrogens is 301 g/mol. The summed E-state index contributed by atoms with van der Waals surface area (Å²) < 4.78 is 16.2. The molecule has 0 amide bonds. The molecule has 0 spiro atoms. The number of fused-ring (bicyclic) bond motifs is 3. The smallest absolute Gasteiger partial charge is 0.128 e. The molecule has 0 N–H and O–H groups in total. The summed E-state index contributed by atoms with van der Waals surface area (Å²) in [6.45, 7) is 0. The van der Waals surface area contributed by atoms with Crippen molar-refractivity contribution in [3.63, 3.8) is 0 Å². The van der Waals surface area contributed by atoms with Crippen molar-refractivity contribution in [1.29, 1.82) is 0 Å². The lowest BCUT2D eigenvalue weighted by molar-refractivity contribution is 0.600. The molecule has 2 heterocycles. The third-order valence-corrected chi connectivity index (χ3v) is 4.00. The van der Waals surface area contributed by atoms with E-state index in [0.29, 0.717) is 10.6 Å². The van der Waals surface area contributed by atoms with Crippen LogP contribution in [-0.2, 0) is 0 Å². The molecule has 1 atom stereocenters. The van der Waals surface area contributed by atoms with Crippen molar-refractivity contribution >= 4 is 17.8 Å². The number of hydrogen-bond acceptors (Lipinski definition) is 2. The molecule has 3 aromatic rings. The first-order chi connectivity index (χ1) is 10.7. The van der Waals surface area contributed by atoms with Gasteiger partial charge in [-0.25, -0.2) is 9.37 Å². The summed E-state index contributed by atoms with van der Waals surface area (Å²) in [5.41, 5.74) is 3.14. The maximum atomic E-state index is 14.2. The first-order valence-electron chi connectivity index (χ1n) is 6.84. The van der Waals surface area contributed by atoms with Crippen molar-refractivity contribution < 1.29 is 4.39 Å². The van der Waals surface area contributed by atoms with Crippen molar-refractivity contribution in [1.82, 2.24) is 9.55 Å². The SMILES string of the molecule is Fc1ccccc1C1N=Cc2cncn2-c2ccc(Cl)cc21. The largest absolute Gasteiger partial charge is 0.298 e. The number of imidazole rings is 1. The van der Waals surface area contributed by atoms with Gasteiger partial charge in [0.1, 0.15) is 11.9 Å². The van der Waals surface area contributed by atoms with Gasteiger partial charge in [0.25, 0.3) is 0 Å². The summed E-state index contributed by atoms with van der Waals surface area (Å²) in [6.07, 6.45) is 5.17. The van der Waals surface area contributed by atoms with Gasteiger partial charge in [0.15, 0.2) is 0 Å². The summed E-state index contributed by atoms with van der Waals surface area (Å²) in [5, 5.41) is 0.596. The molecule has 0 fully saturated rings. The van der Waals surface area contributed by atoms with Crippen LogP contribution in [0.5, 0.6) is 0 Å². The van der Waals surface area contributed by atoms with Crippen molar-refractivity contribution in [2.24, 2.45) is 4.99 Å². The molecule has 2 aromatic carbocycles. The van der Waals surface area contributed by atoms with Crippen LogP contribution in [0.2, 0.25) is 5.02 Å². The second-order valence-electron chi connectivity index (χ2n) is 5.09. The van der Waals surface area contributed by atoms with E-state index in [1.807, 2.05) is 28.8 Å². The zero-order valence-electron chi connectivity index (χ0n) is 11.4. The maximum absolute atomic E-state index is 14.2. The fraction of sp³-hybridized carbons (Fsp3) is 0.0588. The Balaban J connectivity index is 2.00.